The molecule has 1 aliphatic rings. The van der Waals surface area contributed by atoms with Gasteiger partial charge in [0.05, 0.1) is 25.1 Å². The van der Waals surface area contributed by atoms with E-state index in [0.29, 0.717) is 11.1 Å². The highest BCUT2D eigenvalue weighted by Crippen LogP contribution is 2.18. The fraction of sp³-hybridized carbons (Fsp3) is 0.111. The molecule has 0 fully saturated rings. The lowest BCUT2D eigenvalue weighted by Crippen LogP contribution is -2.21. The molecule has 1 aliphatic heterocycles. The molecule has 1 heterocycles. The van der Waals surface area contributed by atoms with Gasteiger partial charge in [0.1, 0.15) is 0 Å². The van der Waals surface area contributed by atoms with Gasteiger partial charge in [-0.25, -0.2) is 9.59 Å². The van der Waals surface area contributed by atoms with Crippen LogP contribution >= 0.6 is 23.2 Å². The van der Waals surface area contributed by atoms with Gasteiger partial charge in [-0.3, -0.25) is 0 Å². The summed E-state index contributed by atoms with van der Waals surface area (Å²) in [7, 11) is -0.823. The first-order valence-corrected chi connectivity index (χ1v) is 6.65. The molecule has 78 valence electrons. The lowest BCUT2D eigenvalue weighted by atomic mass is 10.1. The summed E-state index contributed by atoms with van der Waals surface area (Å²) in [4.78, 5) is 22.3. The number of esters is 2. The van der Waals surface area contributed by atoms with E-state index in [1.54, 1.807) is 18.2 Å². The van der Waals surface area contributed by atoms with E-state index in [9.17, 15) is 9.59 Å². The van der Waals surface area contributed by atoms with Crippen LogP contribution in [-0.2, 0) is 4.74 Å². The van der Waals surface area contributed by atoms with Crippen molar-refractivity contribution in [3.05, 3.63) is 29.3 Å². The van der Waals surface area contributed by atoms with Crippen LogP contribution in [0.25, 0.3) is 0 Å². The predicted octanol–water partition coefficient (Wildman–Crippen LogP) is 0.552. The van der Waals surface area contributed by atoms with E-state index in [-0.39, 0.29) is 0 Å². The van der Waals surface area contributed by atoms with Gasteiger partial charge < -0.3 is 4.74 Å². The maximum atomic E-state index is 11.2. The van der Waals surface area contributed by atoms with Gasteiger partial charge in [0.15, 0.2) is 0 Å². The highest BCUT2D eigenvalue weighted by molar-refractivity contribution is 6.75. The van der Waals surface area contributed by atoms with Crippen LogP contribution in [0.3, 0.4) is 0 Å². The first-order valence-electron chi connectivity index (χ1n) is 4.25. The maximum absolute atomic E-state index is 11.2. The first kappa shape index (κ1) is 10.7. The summed E-state index contributed by atoms with van der Waals surface area (Å²) in [5, 5.41) is 0.940. The fourth-order valence-electron chi connectivity index (χ4n) is 1.44. The molecule has 0 bridgehead atoms. The molecule has 2 rings (SSSR count). The average Bonchev–Trinajstić information content (AvgIpc) is 2.41. The Morgan fingerprint density at radius 2 is 1.80 bits per heavy atom. The molecule has 15 heavy (non-hydrogen) atoms. The number of hydrogen-bond donors (Lipinski definition) is 0. The second kappa shape index (κ2) is 3.96. The molecule has 0 spiro atoms. The van der Waals surface area contributed by atoms with Gasteiger partial charge in [0.25, 0.3) is 0 Å². The van der Waals surface area contributed by atoms with Crippen molar-refractivity contribution in [2.45, 2.75) is 4.46 Å². The Labute approximate surface area is 98.1 Å². The van der Waals surface area contributed by atoms with Crippen LogP contribution < -0.4 is 5.19 Å². The zero-order valence-electron chi connectivity index (χ0n) is 7.50. The zero-order valence-corrected chi connectivity index (χ0v) is 10.4. The highest BCUT2D eigenvalue weighted by Gasteiger charge is 2.29. The van der Waals surface area contributed by atoms with Crippen molar-refractivity contribution in [1.82, 2.24) is 0 Å². The maximum Gasteiger partial charge on any atom is 0.346 e. The van der Waals surface area contributed by atoms with Crippen LogP contribution in [0.2, 0.25) is 0 Å². The van der Waals surface area contributed by atoms with Crippen molar-refractivity contribution < 1.29 is 14.3 Å². The van der Waals surface area contributed by atoms with E-state index in [4.69, 9.17) is 23.2 Å². The number of halogens is 2. The predicted molar refractivity (Wildman–Crippen MR) is 59.9 cm³/mol. The molecule has 1 aromatic carbocycles. The number of carbonyl (C=O) groups is 2. The minimum absolute atomic E-state index is 0.318. The summed E-state index contributed by atoms with van der Waals surface area (Å²) in [6, 6.07) is 5.00. The lowest BCUT2D eigenvalue weighted by molar-refractivity contribution is 0.0444. The highest BCUT2D eigenvalue weighted by atomic mass is 35.5. The Kier molecular flexibility index (Phi) is 2.82. The van der Waals surface area contributed by atoms with E-state index >= 15 is 0 Å². The van der Waals surface area contributed by atoms with Crippen molar-refractivity contribution in [3.63, 3.8) is 0 Å². The Bertz CT molecular complexity index is 445. The first-order chi connectivity index (χ1) is 7.08. The number of hydrogen-bond acceptors (Lipinski definition) is 3. The van der Waals surface area contributed by atoms with Crippen molar-refractivity contribution >= 4 is 49.8 Å². The van der Waals surface area contributed by atoms with Crippen molar-refractivity contribution in [3.8, 4) is 0 Å². The quantitative estimate of drug-likeness (QED) is 0.338. The molecule has 0 radical (unpaired) electrons. The second-order valence-electron chi connectivity index (χ2n) is 3.15. The van der Waals surface area contributed by atoms with Crippen molar-refractivity contribution in [2.24, 2.45) is 0 Å². The molecule has 0 saturated carbocycles. The monoisotopic (exact) mass is 260 g/mol. The van der Waals surface area contributed by atoms with Gasteiger partial charge in [-0.05, 0) is 12.1 Å². The van der Waals surface area contributed by atoms with Gasteiger partial charge in [-0.2, -0.15) is 0 Å². The van der Waals surface area contributed by atoms with Crippen LogP contribution in [0.5, 0.6) is 0 Å². The molecule has 0 atom stereocenters. The summed E-state index contributed by atoms with van der Waals surface area (Å²) in [5.41, 5.74) is 0.637. The third kappa shape index (κ3) is 2.07. The number of cyclic esters (lactones) is 2. The van der Waals surface area contributed by atoms with Crippen molar-refractivity contribution in [2.75, 3.05) is 0 Å². The Hall–Kier alpha value is -0.843. The van der Waals surface area contributed by atoms with Gasteiger partial charge in [0, 0.05) is 0 Å². The number of fused-ring (bicyclic) bond motifs is 1. The normalized spacial score (nSPS) is 15.1. The number of rotatable bonds is 2. The molecule has 6 heteroatoms. The van der Waals surface area contributed by atoms with Crippen LogP contribution in [0, 0.1) is 0 Å². The lowest BCUT2D eigenvalue weighted by Gasteiger charge is -2.01. The molecule has 0 aromatic heterocycles. The van der Waals surface area contributed by atoms with Crippen molar-refractivity contribution in [1.29, 1.82) is 0 Å². The summed E-state index contributed by atoms with van der Waals surface area (Å²) in [6.07, 6.45) is 0. The van der Waals surface area contributed by atoms with E-state index in [1.807, 2.05) is 0 Å². The molecule has 0 N–H and O–H groups in total. The van der Waals surface area contributed by atoms with Crippen LogP contribution in [-0.4, -0.2) is 25.9 Å². The average molecular weight is 261 g/mol. The van der Waals surface area contributed by atoms with E-state index in [0.717, 1.165) is 5.19 Å². The minimum atomic E-state index is -0.823. The molecular formula is C9H6Cl2O3Si. The topological polar surface area (TPSA) is 43.4 Å². The third-order valence-electron chi connectivity index (χ3n) is 2.10. The van der Waals surface area contributed by atoms with E-state index in [2.05, 4.69) is 4.74 Å². The molecule has 1 aromatic rings. The number of ether oxygens (including phenoxy) is 1. The van der Waals surface area contributed by atoms with Crippen LogP contribution in [0.1, 0.15) is 20.7 Å². The van der Waals surface area contributed by atoms with Gasteiger partial charge in [-0.15, -0.1) is 23.2 Å². The Morgan fingerprint density at radius 1 is 1.13 bits per heavy atom. The Morgan fingerprint density at radius 3 is 2.47 bits per heavy atom. The smallest absolute Gasteiger partial charge is 0.346 e. The van der Waals surface area contributed by atoms with E-state index < -0.39 is 25.9 Å². The van der Waals surface area contributed by atoms with Gasteiger partial charge in [0.2, 0.25) is 0 Å². The summed E-state index contributed by atoms with van der Waals surface area (Å²) < 4.78 is 4.07. The molecule has 0 aliphatic carbocycles. The van der Waals surface area contributed by atoms with E-state index in [1.165, 1.54) is 0 Å². The number of benzene rings is 1. The van der Waals surface area contributed by atoms with Gasteiger partial charge in [-0.1, -0.05) is 11.3 Å². The SMILES string of the molecule is O=C1OC(=O)c2cc([SiH2]C(Cl)Cl)ccc21. The minimum Gasteiger partial charge on any atom is -0.386 e. The molecule has 0 amide bonds. The summed E-state index contributed by atoms with van der Waals surface area (Å²) in [6.45, 7) is 0. The standard InChI is InChI=1S/C9H6Cl2O3Si/c10-9(11)15-4-1-2-5-6(3-4)8(13)14-7(5)12/h1-3,9H,15H2. The molecule has 0 unspecified atom stereocenters. The molecule has 3 nitrogen and oxygen atoms in total. The molecular weight excluding hydrogens is 255 g/mol. The zero-order chi connectivity index (χ0) is 11.0. The molecule has 0 saturated heterocycles. The van der Waals surface area contributed by atoms with Crippen LogP contribution in [0.4, 0.5) is 0 Å². The third-order valence-corrected chi connectivity index (χ3v) is 4.24. The Balaban J connectivity index is 2.38. The summed E-state index contributed by atoms with van der Waals surface area (Å²) in [5.74, 6) is -1.18. The largest absolute Gasteiger partial charge is 0.386 e. The summed E-state index contributed by atoms with van der Waals surface area (Å²) >= 11 is 11.3. The number of carbonyl (C=O) groups excluding carboxylic acids is 2. The van der Waals surface area contributed by atoms with Crippen LogP contribution in [0.15, 0.2) is 18.2 Å². The van der Waals surface area contributed by atoms with Gasteiger partial charge >= 0.3 is 11.9 Å². The number of alkyl halides is 2. The fourth-order valence-corrected chi connectivity index (χ4v) is 3.44. The second-order valence-corrected chi connectivity index (χ2v) is 7.51.